The van der Waals surface area contributed by atoms with Gasteiger partial charge in [-0.3, -0.25) is 0 Å². The fourth-order valence-corrected chi connectivity index (χ4v) is 2.47. The zero-order valence-corrected chi connectivity index (χ0v) is 13.7. The topological polar surface area (TPSA) is 68.8 Å². The highest BCUT2D eigenvalue weighted by atomic mass is 16.7. The number of hydrogen-bond acceptors (Lipinski definition) is 4. The lowest BCUT2D eigenvalue weighted by atomic mass is 10.1. The fraction of sp³-hybridized carbons (Fsp3) is 0.278. The number of hydrogen-bond donors (Lipinski definition) is 2. The number of amides is 2. The molecule has 0 atom stereocenters. The van der Waals surface area contributed by atoms with Crippen molar-refractivity contribution in [3.8, 4) is 17.2 Å². The van der Waals surface area contributed by atoms with Gasteiger partial charge in [0.2, 0.25) is 6.79 Å². The monoisotopic (exact) mass is 328 g/mol. The summed E-state index contributed by atoms with van der Waals surface area (Å²) in [5.41, 5.74) is 2.90. The van der Waals surface area contributed by atoms with Crippen molar-refractivity contribution in [1.82, 2.24) is 5.32 Å². The van der Waals surface area contributed by atoms with E-state index in [9.17, 15) is 4.79 Å². The van der Waals surface area contributed by atoms with Crippen molar-refractivity contribution in [2.24, 2.45) is 0 Å². The first-order valence-electron chi connectivity index (χ1n) is 7.77. The highest BCUT2D eigenvalue weighted by molar-refractivity contribution is 5.90. The highest BCUT2D eigenvalue weighted by Gasteiger charge is 2.13. The first kappa shape index (κ1) is 16.0. The standard InChI is InChI=1S/C18H20N2O4/c1-12-4-3-5-13(2)17(12)20-18(21)19-8-9-22-14-6-7-15-16(10-14)24-11-23-15/h3-7,10H,8-9,11H2,1-2H3,(H2,19,20,21). The molecule has 0 saturated carbocycles. The smallest absolute Gasteiger partial charge is 0.319 e. The number of para-hydroxylation sites is 1. The summed E-state index contributed by atoms with van der Waals surface area (Å²) >= 11 is 0. The summed E-state index contributed by atoms with van der Waals surface area (Å²) in [5, 5.41) is 5.65. The third-order valence-electron chi connectivity index (χ3n) is 3.72. The molecule has 0 bridgehead atoms. The largest absolute Gasteiger partial charge is 0.492 e. The number of carbonyl (C=O) groups is 1. The molecular weight excluding hydrogens is 308 g/mol. The second-order valence-electron chi connectivity index (χ2n) is 5.51. The lowest BCUT2D eigenvalue weighted by molar-refractivity contribution is 0.173. The average molecular weight is 328 g/mol. The number of benzene rings is 2. The molecule has 1 aliphatic heterocycles. The summed E-state index contributed by atoms with van der Waals surface area (Å²) < 4.78 is 16.1. The molecule has 0 aliphatic carbocycles. The Morgan fingerprint density at radius 3 is 2.67 bits per heavy atom. The van der Waals surface area contributed by atoms with Crippen LogP contribution in [0.5, 0.6) is 17.2 Å². The molecule has 0 fully saturated rings. The van der Waals surface area contributed by atoms with Gasteiger partial charge in [-0.05, 0) is 37.1 Å². The van der Waals surface area contributed by atoms with Crippen molar-refractivity contribution >= 4 is 11.7 Å². The number of anilines is 1. The van der Waals surface area contributed by atoms with Crippen molar-refractivity contribution in [2.45, 2.75) is 13.8 Å². The maximum absolute atomic E-state index is 12.0. The van der Waals surface area contributed by atoms with Gasteiger partial charge in [0.05, 0.1) is 6.54 Å². The molecule has 24 heavy (non-hydrogen) atoms. The molecule has 0 spiro atoms. The van der Waals surface area contributed by atoms with E-state index in [0.717, 1.165) is 16.8 Å². The molecule has 0 unspecified atom stereocenters. The fourth-order valence-electron chi connectivity index (χ4n) is 2.47. The molecule has 6 nitrogen and oxygen atoms in total. The summed E-state index contributed by atoms with van der Waals surface area (Å²) in [4.78, 5) is 12.0. The van der Waals surface area contributed by atoms with Crippen molar-refractivity contribution in [2.75, 3.05) is 25.3 Å². The van der Waals surface area contributed by atoms with Crippen LogP contribution in [0.25, 0.3) is 0 Å². The molecule has 0 saturated heterocycles. The lowest BCUT2D eigenvalue weighted by Gasteiger charge is -2.13. The average Bonchev–Trinajstić information content (AvgIpc) is 3.03. The first-order chi connectivity index (χ1) is 11.6. The van der Waals surface area contributed by atoms with Crippen LogP contribution in [0.3, 0.4) is 0 Å². The van der Waals surface area contributed by atoms with Crippen molar-refractivity contribution in [3.05, 3.63) is 47.5 Å². The van der Waals surface area contributed by atoms with E-state index in [4.69, 9.17) is 14.2 Å². The van der Waals surface area contributed by atoms with E-state index in [2.05, 4.69) is 10.6 Å². The summed E-state index contributed by atoms with van der Waals surface area (Å²) in [6.07, 6.45) is 0. The van der Waals surface area contributed by atoms with Gasteiger partial charge in [-0.1, -0.05) is 18.2 Å². The number of aryl methyl sites for hydroxylation is 2. The van der Waals surface area contributed by atoms with Crippen LogP contribution in [0.4, 0.5) is 10.5 Å². The SMILES string of the molecule is Cc1cccc(C)c1NC(=O)NCCOc1ccc2c(c1)OCO2. The van der Waals surface area contributed by atoms with Crippen molar-refractivity contribution in [1.29, 1.82) is 0 Å². The van der Waals surface area contributed by atoms with Crippen LogP contribution in [0.2, 0.25) is 0 Å². The van der Waals surface area contributed by atoms with Crippen molar-refractivity contribution in [3.63, 3.8) is 0 Å². The minimum absolute atomic E-state index is 0.235. The third kappa shape index (κ3) is 3.71. The molecule has 6 heteroatoms. The summed E-state index contributed by atoms with van der Waals surface area (Å²) in [5.74, 6) is 2.07. The zero-order chi connectivity index (χ0) is 16.9. The van der Waals surface area contributed by atoms with Gasteiger partial charge in [-0.2, -0.15) is 0 Å². The summed E-state index contributed by atoms with van der Waals surface area (Å²) in [6, 6.07) is 11.0. The molecule has 1 heterocycles. The molecule has 126 valence electrons. The predicted octanol–water partition coefficient (Wildman–Crippen LogP) is 3.23. The van der Waals surface area contributed by atoms with Gasteiger partial charge in [0.15, 0.2) is 11.5 Å². The number of carbonyl (C=O) groups excluding carboxylic acids is 1. The van der Waals surface area contributed by atoms with E-state index in [0.29, 0.717) is 30.4 Å². The maximum atomic E-state index is 12.0. The second kappa shape index (κ2) is 7.12. The molecule has 2 amide bonds. The Morgan fingerprint density at radius 1 is 1.12 bits per heavy atom. The van der Waals surface area contributed by atoms with Gasteiger partial charge >= 0.3 is 6.03 Å². The quantitative estimate of drug-likeness (QED) is 0.827. The van der Waals surface area contributed by atoms with E-state index in [1.54, 1.807) is 12.1 Å². The number of rotatable bonds is 5. The number of ether oxygens (including phenoxy) is 3. The van der Waals surface area contributed by atoms with E-state index < -0.39 is 0 Å². The Balaban J connectivity index is 1.44. The normalized spacial score (nSPS) is 11.9. The van der Waals surface area contributed by atoms with Gasteiger partial charge in [0, 0.05) is 11.8 Å². The Hall–Kier alpha value is -2.89. The number of urea groups is 1. The van der Waals surface area contributed by atoms with Crippen LogP contribution in [0.1, 0.15) is 11.1 Å². The summed E-state index contributed by atoms with van der Waals surface area (Å²) in [7, 11) is 0. The molecule has 0 radical (unpaired) electrons. The molecule has 1 aliphatic rings. The lowest BCUT2D eigenvalue weighted by Crippen LogP contribution is -2.32. The van der Waals surface area contributed by atoms with Gasteiger partial charge < -0.3 is 24.8 Å². The second-order valence-corrected chi connectivity index (χ2v) is 5.51. The Bertz CT molecular complexity index is 726. The van der Waals surface area contributed by atoms with E-state index in [1.165, 1.54) is 0 Å². The van der Waals surface area contributed by atoms with Gasteiger partial charge in [0.1, 0.15) is 12.4 Å². The molecule has 0 aromatic heterocycles. The van der Waals surface area contributed by atoms with Crippen molar-refractivity contribution < 1.29 is 19.0 Å². The van der Waals surface area contributed by atoms with Crippen LogP contribution < -0.4 is 24.8 Å². The third-order valence-corrected chi connectivity index (χ3v) is 3.72. The first-order valence-corrected chi connectivity index (χ1v) is 7.77. The van der Waals surface area contributed by atoms with Crippen LogP contribution >= 0.6 is 0 Å². The van der Waals surface area contributed by atoms with Gasteiger partial charge in [-0.15, -0.1) is 0 Å². The maximum Gasteiger partial charge on any atom is 0.319 e. The molecular formula is C18H20N2O4. The minimum Gasteiger partial charge on any atom is -0.492 e. The number of nitrogens with one attached hydrogen (secondary N) is 2. The van der Waals surface area contributed by atoms with Gasteiger partial charge in [0.25, 0.3) is 0 Å². The molecule has 2 aromatic carbocycles. The van der Waals surface area contributed by atoms with Crippen LogP contribution in [0.15, 0.2) is 36.4 Å². The minimum atomic E-state index is -0.248. The molecule has 2 N–H and O–H groups in total. The van der Waals surface area contributed by atoms with Crippen LogP contribution in [-0.2, 0) is 0 Å². The van der Waals surface area contributed by atoms with Crippen LogP contribution in [0, 0.1) is 13.8 Å². The van der Waals surface area contributed by atoms with Gasteiger partial charge in [-0.25, -0.2) is 4.79 Å². The number of fused-ring (bicyclic) bond motifs is 1. The highest BCUT2D eigenvalue weighted by Crippen LogP contribution is 2.34. The van der Waals surface area contributed by atoms with E-state index in [-0.39, 0.29) is 12.8 Å². The zero-order valence-electron chi connectivity index (χ0n) is 13.7. The molecule has 2 aromatic rings. The summed E-state index contributed by atoms with van der Waals surface area (Å²) in [6.45, 7) is 4.92. The Morgan fingerprint density at radius 2 is 1.88 bits per heavy atom. The van der Waals surface area contributed by atoms with E-state index >= 15 is 0 Å². The Labute approximate surface area is 140 Å². The molecule has 3 rings (SSSR count). The predicted molar refractivity (Wildman–Crippen MR) is 91.0 cm³/mol. The van der Waals surface area contributed by atoms with Crippen LogP contribution in [-0.4, -0.2) is 26.0 Å². The Kier molecular flexibility index (Phi) is 4.74. The van der Waals surface area contributed by atoms with E-state index in [1.807, 2.05) is 38.1 Å².